The lowest BCUT2D eigenvalue weighted by Gasteiger charge is -2.29. The number of nitrogens with zero attached hydrogens (tertiary/aromatic N) is 4. The zero-order valence-electron chi connectivity index (χ0n) is 15.9. The van der Waals surface area contributed by atoms with Crippen molar-refractivity contribution in [3.8, 4) is 0 Å². The van der Waals surface area contributed by atoms with Crippen molar-refractivity contribution in [3.05, 3.63) is 53.6 Å². The first-order valence-corrected chi connectivity index (χ1v) is 8.71. The molecule has 178 valence electrons. The molecule has 1 aliphatic heterocycles. The van der Waals surface area contributed by atoms with E-state index in [0.29, 0.717) is 12.1 Å². The van der Waals surface area contributed by atoms with Gasteiger partial charge in [-0.2, -0.15) is 39.5 Å². The summed E-state index contributed by atoms with van der Waals surface area (Å²) in [4.78, 5) is 13.6. The number of nitrogens with two attached hydrogens (primary N) is 1. The molecule has 1 atom stereocenters. The van der Waals surface area contributed by atoms with Crippen molar-refractivity contribution in [2.75, 3.05) is 5.32 Å². The fourth-order valence-corrected chi connectivity index (χ4v) is 2.66. The number of alkyl halides is 9. The number of aliphatic imine (C=N–C) groups is 2. The minimum Gasteiger partial charge on any atom is -0.326 e. The number of nitrogens with one attached hydrogen (secondary N) is 2. The molecule has 0 fully saturated rings. The Balaban J connectivity index is 2.00. The molecule has 0 aromatic carbocycles. The zero-order valence-corrected chi connectivity index (χ0v) is 15.9. The average Bonchev–Trinajstić information content (AvgIpc) is 2.64. The molecule has 0 radical (unpaired) electrons. The van der Waals surface area contributed by atoms with Crippen molar-refractivity contribution < 1.29 is 39.5 Å². The van der Waals surface area contributed by atoms with E-state index in [1.807, 2.05) is 0 Å². The topological polar surface area (TPSA) is 101 Å². The van der Waals surface area contributed by atoms with Gasteiger partial charge < -0.3 is 10.6 Å². The van der Waals surface area contributed by atoms with Crippen molar-refractivity contribution in [1.29, 1.82) is 0 Å². The summed E-state index contributed by atoms with van der Waals surface area (Å²) >= 11 is 0. The molecule has 0 aliphatic carbocycles. The van der Waals surface area contributed by atoms with Crippen LogP contribution < -0.4 is 16.4 Å². The van der Waals surface area contributed by atoms with Crippen LogP contribution in [0, 0.1) is 0 Å². The molecule has 16 heteroatoms. The maximum atomic E-state index is 13.0. The smallest absolute Gasteiger partial charge is 0.326 e. The summed E-state index contributed by atoms with van der Waals surface area (Å²) in [6.45, 7) is 0. The van der Waals surface area contributed by atoms with E-state index >= 15 is 0 Å². The number of halogens is 9. The van der Waals surface area contributed by atoms with Crippen LogP contribution in [0.5, 0.6) is 0 Å². The Morgan fingerprint density at radius 2 is 1.58 bits per heavy atom. The Morgan fingerprint density at radius 1 is 0.909 bits per heavy atom. The summed E-state index contributed by atoms with van der Waals surface area (Å²) in [6.07, 6.45) is -15.6. The summed E-state index contributed by atoms with van der Waals surface area (Å²) in [6, 6.07) is 4.18. The quantitative estimate of drug-likeness (QED) is 0.573. The number of amidine groups is 1. The SMILES string of the molecule is NC1(CC(F)(F)F)N=C(Nc2ccnc(C(F)(F)F)c2)NC(c2cccc(C(F)(F)F)n2)=N1. The molecule has 0 amide bonds. The molecular formula is C17H12F9N7. The number of rotatable bonds is 3. The third-order valence-corrected chi connectivity index (χ3v) is 3.90. The third kappa shape index (κ3) is 6.30. The van der Waals surface area contributed by atoms with Gasteiger partial charge in [-0.05, 0) is 24.3 Å². The van der Waals surface area contributed by atoms with Crippen LogP contribution in [0.25, 0.3) is 0 Å². The molecular weight excluding hydrogens is 473 g/mol. The van der Waals surface area contributed by atoms with Gasteiger partial charge in [0.2, 0.25) is 11.7 Å². The maximum Gasteiger partial charge on any atom is 0.433 e. The Labute approximate surface area is 178 Å². The fraction of sp³-hybridized carbons (Fsp3) is 0.294. The number of guanidine groups is 1. The van der Waals surface area contributed by atoms with Gasteiger partial charge >= 0.3 is 18.5 Å². The van der Waals surface area contributed by atoms with Gasteiger partial charge in [0, 0.05) is 11.9 Å². The molecule has 2 aromatic heterocycles. The van der Waals surface area contributed by atoms with Crippen LogP contribution in [0.1, 0.15) is 23.5 Å². The highest BCUT2D eigenvalue weighted by Crippen LogP contribution is 2.32. The van der Waals surface area contributed by atoms with Gasteiger partial charge in [-0.1, -0.05) is 6.07 Å². The summed E-state index contributed by atoms with van der Waals surface area (Å²) < 4.78 is 117. The highest BCUT2D eigenvalue weighted by atomic mass is 19.4. The van der Waals surface area contributed by atoms with Crippen molar-refractivity contribution in [3.63, 3.8) is 0 Å². The van der Waals surface area contributed by atoms with E-state index in [0.717, 1.165) is 24.4 Å². The van der Waals surface area contributed by atoms with Gasteiger partial charge in [-0.15, -0.1) is 0 Å². The molecule has 4 N–H and O–H groups in total. The zero-order chi connectivity index (χ0) is 24.7. The number of anilines is 1. The largest absolute Gasteiger partial charge is 0.433 e. The van der Waals surface area contributed by atoms with E-state index in [9.17, 15) is 39.5 Å². The number of hydrogen-bond acceptors (Lipinski definition) is 7. The molecule has 33 heavy (non-hydrogen) atoms. The van der Waals surface area contributed by atoms with E-state index < -0.39 is 59.6 Å². The Morgan fingerprint density at radius 3 is 2.18 bits per heavy atom. The molecule has 0 spiro atoms. The lowest BCUT2D eigenvalue weighted by molar-refractivity contribution is -0.146. The Bertz CT molecular complexity index is 1090. The molecule has 7 nitrogen and oxygen atoms in total. The van der Waals surface area contributed by atoms with Crippen molar-refractivity contribution in [2.45, 2.75) is 30.7 Å². The van der Waals surface area contributed by atoms with Crippen LogP contribution in [0.4, 0.5) is 45.2 Å². The number of hydrogen-bond donors (Lipinski definition) is 3. The van der Waals surface area contributed by atoms with E-state index in [1.165, 1.54) is 0 Å². The first-order valence-electron chi connectivity index (χ1n) is 8.71. The lowest BCUT2D eigenvalue weighted by Crippen LogP contribution is -2.51. The van der Waals surface area contributed by atoms with E-state index in [-0.39, 0.29) is 5.69 Å². The fourth-order valence-electron chi connectivity index (χ4n) is 2.66. The molecule has 0 bridgehead atoms. The van der Waals surface area contributed by atoms with Gasteiger partial charge in [0.25, 0.3) is 0 Å². The summed E-state index contributed by atoms with van der Waals surface area (Å²) in [5.74, 6) is -3.96. The first-order chi connectivity index (χ1) is 15.0. The van der Waals surface area contributed by atoms with Gasteiger partial charge in [-0.25, -0.2) is 15.0 Å². The lowest BCUT2D eigenvalue weighted by atomic mass is 10.2. The van der Waals surface area contributed by atoms with Crippen LogP contribution in [0.15, 0.2) is 46.5 Å². The molecule has 1 aliphatic rings. The molecule has 3 rings (SSSR count). The second-order valence-electron chi connectivity index (χ2n) is 6.67. The van der Waals surface area contributed by atoms with Crippen LogP contribution in [-0.4, -0.2) is 33.7 Å². The predicted molar refractivity (Wildman–Crippen MR) is 96.8 cm³/mol. The van der Waals surface area contributed by atoms with E-state index in [1.54, 1.807) is 0 Å². The average molecular weight is 485 g/mol. The summed E-state index contributed by atoms with van der Waals surface area (Å²) in [7, 11) is 0. The summed E-state index contributed by atoms with van der Waals surface area (Å²) in [5, 5.41) is 4.61. The number of aromatic nitrogens is 2. The highest BCUT2D eigenvalue weighted by molar-refractivity contribution is 6.13. The molecule has 2 aromatic rings. The van der Waals surface area contributed by atoms with E-state index in [2.05, 4.69) is 30.6 Å². The second kappa shape index (κ2) is 8.17. The van der Waals surface area contributed by atoms with Crippen LogP contribution in [0.2, 0.25) is 0 Å². The second-order valence-corrected chi connectivity index (χ2v) is 6.67. The maximum absolute atomic E-state index is 13.0. The first kappa shape index (κ1) is 24.2. The van der Waals surface area contributed by atoms with E-state index in [4.69, 9.17) is 5.73 Å². The monoisotopic (exact) mass is 485 g/mol. The molecule has 1 unspecified atom stereocenters. The minimum absolute atomic E-state index is 0.295. The standard InChI is InChI=1S/C17H12F9N7/c18-14(19,20)7-15(27)32-12(9-2-1-3-10(30-9)16(21,22)23)31-13(33-15)29-8-4-5-28-11(6-8)17(24,25)26/h1-6H,7,27H2,(H2,28,29,31,32,33). The van der Waals surface area contributed by atoms with Gasteiger partial charge in [0.1, 0.15) is 23.5 Å². The normalized spacial score (nSPS) is 19.5. The van der Waals surface area contributed by atoms with Crippen molar-refractivity contribution in [2.24, 2.45) is 15.7 Å². The molecule has 0 saturated carbocycles. The van der Waals surface area contributed by atoms with Gasteiger partial charge in [-0.3, -0.25) is 10.7 Å². The minimum atomic E-state index is -4.89. The molecule has 0 saturated heterocycles. The van der Waals surface area contributed by atoms with Crippen LogP contribution in [-0.2, 0) is 12.4 Å². The molecule has 3 heterocycles. The Kier molecular flexibility index (Phi) is 5.99. The summed E-state index contributed by atoms with van der Waals surface area (Å²) in [5.41, 5.74) is 2.13. The number of pyridine rings is 2. The van der Waals surface area contributed by atoms with Crippen molar-refractivity contribution >= 4 is 17.5 Å². The third-order valence-electron chi connectivity index (χ3n) is 3.90. The Hall–Kier alpha value is -3.43. The van der Waals surface area contributed by atoms with Gasteiger partial charge in [0.05, 0.1) is 0 Å². The highest BCUT2D eigenvalue weighted by Gasteiger charge is 2.43. The van der Waals surface area contributed by atoms with Crippen molar-refractivity contribution in [1.82, 2.24) is 15.3 Å². The predicted octanol–water partition coefficient (Wildman–Crippen LogP) is 3.90. The van der Waals surface area contributed by atoms with Crippen LogP contribution >= 0.6 is 0 Å². The van der Waals surface area contributed by atoms with Crippen LogP contribution in [0.3, 0.4) is 0 Å². The van der Waals surface area contributed by atoms with Gasteiger partial charge in [0.15, 0.2) is 5.84 Å².